The number of ether oxygens (including phenoxy) is 1. The van der Waals surface area contributed by atoms with Crippen LogP contribution in [0.4, 0.5) is 4.39 Å². The smallest absolute Gasteiger partial charge is 0.255 e. The summed E-state index contributed by atoms with van der Waals surface area (Å²) in [5.74, 6) is 0.224. The number of carbonyl (C=O) groups excluding carboxylic acids is 2. The maximum atomic E-state index is 13.6. The number of benzene rings is 2. The minimum absolute atomic E-state index is 0.0708. The van der Waals surface area contributed by atoms with E-state index in [2.05, 4.69) is 0 Å². The van der Waals surface area contributed by atoms with Gasteiger partial charge in [0.05, 0.1) is 17.2 Å². The molecule has 2 aliphatic rings. The van der Waals surface area contributed by atoms with Crippen molar-refractivity contribution in [3.63, 3.8) is 0 Å². The Morgan fingerprint density at radius 3 is 2.42 bits per heavy atom. The van der Waals surface area contributed by atoms with Gasteiger partial charge in [0.15, 0.2) is 0 Å². The van der Waals surface area contributed by atoms with E-state index < -0.39 is 5.82 Å². The Morgan fingerprint density at radius 1 is 0.968 bits per heavy atom. The lowest BCUT2D eigenvalue weighted by molar-refractivity contribution is 0.0633. The predicted octanol–water partition coefficient (Wildman–Crippen LogP) is 4.65. The van der Waals surface area contributed by atoms with Crippen molar-refractivity contribution in [3.05, 3.63) is 64.4 Å². The van der Waals surface area contributed by atoms with E-state index in [1.165, 1.54) is 18.2 Å². The quantitative estimate of drug-likeness (QED) is 0.674. The van der Waals surface area contributed by atoms with Gasteiger partial charge in [-0.2, -0.15) is 0 Å². The fourth-order valence-electron chi connectivity index (χ4n) is 4.23. The van der Waals surface area contributed by atoms with Crippen molar-refractivity contribution in [1.29, 1.82) is 0 Å². The molecule has 0 saturated carbocycles. The molecule has 31 heavy (non-hydrogen) atoms. The standard InChI is InChI=1S/C24H26ClFN2O3/c25-22-10-7-19(26)14-21(22)24(30)28-13-3-4-17(15-28)16-31-20-8-5-18(6-9-20)23(29)27-11-1-2-12-27/h5-10,14,17H,1-4,11-13,15-16H2. The minimum atomic E-state index is -0.476. The van der Waals surface area contributed by atoms with Gasteiger partial charge in [-0.25, -0.2) is 4.39 Å². The molecule has 2 saturated heterocycles. The SMILES string of the molecule is O=C(c1ccc(OCC2CCCN(C(=O)c3cc(F)ccc3Cl)C2)cc1)N1CCCC1. The van der Waals surface area contributed by atoms with Gasteiger partial charge in [0.2, 0.25) is 0 Å². The molecule has 4 rings (SSSR count). The van der Waals surface area contributed by atoms with Crippen LogP contribution in [0.3, 0.4) is 0 Å². The fourth-order valence-corrected chi connectivity index (χ4v) is 4.43. The van der Waals surface area contributed by atoms with Crippen LogP contribution in [0, 0.1) is 11.7 Å². The molecular weight excluding hydrogens is 419 g/mol. The van der Waals surface area contributed by atoms with Crippen molar-refractivity contribution in [2.24, 2.45) is 5.92 Å². The van der Waals surface area contributed by atoms with Gasteiger partial charge in [-0.1, -0.05) is 11.6 Å². The summed E-state index contributed by atoms with van der Waals surface area (Å²) in [6, 6.07) is 11.1. The number of hydrogen-bond acceptors (Lipinski definition) is 3. The summed E-state index contributed by atoms with van der Waals surface area (Å²) < 4.78 is 19.5. The third kappa shape index (κ3) is 5.18. The molecule has 2 aromatic rings. The topological polar surface area (TPSA) is 49.9 Å². The van der Waals surface area contributed by atoms with Crippen molar-refractivity contribution < 1.29 is 18.7 Å². The number of hydrogen-bond donors (Lipinski definition) is 0. The van der Waals surface area contributed by atoms with Crippen LogP contribution in [0.1, 0.15) is 46.4 Å². The van der Waals surface area contributed by atoms with Gasteiger partial charge in [0.1, 0.15) is 11.6 Å². The summed E-state index contributed by atoms with van der Waals surface area (Å²) >= 11 is 6.10. The Balaban J connectivity index is 1.32. The highest BCUT2D eigenvalue weighted by Crippen LogP contribution is 2.24. The minimum Gasteiger partial charge on any atom is -0.493 e. The molecule has 7 heteroatoms. The van der Waals surface area contributed by atoms with Crippen LogP contribution in [0.5, 0.6) is 5.75 Å². The molecule has 164 valence electrons. The third-order valence-corrected chi connectivity index (χ3v) is 6.27. The Kier molecular flexibility index (Phi) is 6.76. The Morgan fingerprint density at radius 2 is 1.68 bits per heavy atom. The van der Waals surface area contributed by atoms with Crippen molar-refractivity contribution >= 4 is 23.4 Å². The molecule has 2 aliphatic heterocycles. The summed E-state index contributed by atoms with van der Waals surface area (Å²) in [6.45, 7) is 3.29. The van der Waals surface area contributed by atoms with E-state index in [0.717, 1.165) is 38.8 Å². The number of amides is 2. The van der Waals surface area contributed by atoms with Crippen molar-refractivity contribution in [2.75, 3.05) is 32.8 Å². The lowest BCUT2D eigenvalue weighted by Gasteiger charge is -2.33. The first kappa shape index (κ1) is 21.6. The first-order valence-electron chi connectivity index (χ1n) is 10.8. The second-order valence-corrected chi connectivity index (χ2v) is 8.63. The maximum absolute atomic E-state index is 13.6. The first-order chi connectivity index (χ1) is 15.0. The van der Waals surface area contributed by atoms with E-state index in [-0.39, 0.29) is 28.3 Å². The van der Waals surface area contributed by atoms with E-state index in [9.17, 15) is 14.0 Å². The highest BCUT2D eigenvalue weighted by Gasteiger charge is 2.26. The lowest BCUT2D eigenvalue weighted by atomic mass is 9.98. The zero-order chi connectivity index (χ0) is 21.8. The van der Waals surface area contributed by atoms with Gasteiger partial charge in [-0.3, -0.25) is 9.59 Å². The highest BCUT2D eigenvalue weighted by molar-refractivity contribution is 6.33. The van der Waals surface area contributed by atoms with E-state index in [1.54, 1.807) is 17.0 Å². The Bertz CT molecular complexity index is 944. The van der Waals surface area contributed by atoms with Gasteiger partial charge in [-0.05, 0) is 68.1 Å². The first-order valence-corrected chi connectivity index (χ1v) is 11.2. The molecule has 0 aliphatic carbocycles. The van der Waals surface area contributed by atoms with Crippen LogP contribution < -0.4 is 4.74 Å². The molecule has 2 amide bonds. The zero-order valence-corrected chi connectivity index (χ0v) is 18.1. The van der Waals surface area contributed by atoms with Crippen LogP contribution in [0.2, 0.25) is 5.02 Å². The van der Waals surface area contributed by atoms with Gasteiger partial charge in [-0.15, -0.1) is 0 Å². The van der Waals surface area contributed by atoms with Crippen LogP contribution in [0.15, 0.2) is 42.5 Å². The third-order valence-electron chi connectivity index (χ3n) is 5.95. The van der Waals surface area contributed by atoms with Crippen molar-refractivity contribution in [3.8, 4) is 5.75 Å². The van der Waals surface area contributed by atoms with E-state index >= 15 is 0 Å². The fraction of sp³-hybridized carbons (Fsp3) is 0.417. The summed E-state index contributed by atoms with van der Waals surface area (Å²) in [4.78, 5) is 28.8. The monoisotopic (exact) mass is 444 g/mol. The number of likely N-dealkylation sites (tertiary alicyclic amines) is 2. The van der Waals surface area contributed by atoms with Crippen molar-refractivity contribution in [2.45, 2.75) is 25.7 Å². The molecule has 0 spiro atoms. The summed E-state index contributed by atoms with van der Waals surface area (Å²) in [7, 11) is 0. The molecule has 0 aromatic heterocycles. The molecule has 0 radical (unpaired) electrons. The number of rotatable bonds is 5. The Hall–Kier alpha value is -2.60. The molecule has 2 fully saturated rings. The van der Waals surface area contributed by atoms with Gasteiger partial charge in [0.25, 0.3) is 11.8 Å². The second kappa shape index (κ2) is 9.69. The van der Waals surface area contributed by atoms with Crippen LogP contribution >= 0.6 is 11.6 Å². The maximum Gasteiger partial charge on any atom is 0.255 e. The summed E-state index contributed by atoms with van der Waals surface area (Å²) in [6.07, 6.45) is 3.95. The normalized spacial score (nSPS) is 18.8. The second-order valence-electron chi connectivity index (χ2n) is 8.22. The Labute approximate surface area is 186 Å². The average molecular weight is 445 g/mol. The molecule has 2 aromatic carbocycles. The van der Waals surface area contributed by atoms with Crippen LogP contribution in [0.25, 0.3) is 0 Å². The van der Waals surface area contributed by atoms with E-state index in [0.29, 0.717) is 31.0 Å². The van der Waals surface area contributed by atoms with Crippen LogP contribution in [-0.2, 0) is 0 Å². The van der Waals surface area contributed by atoms with Gasteiger partial charge in [0, 0.05) is 37.7 Å². The van der Waals surface area contributed by atoms with E-state index in [1.807, 2.05) is 17.0 Å². The lowest BCUT2D eigenvalue weighted by Crippen LogP contribution is -2.41. The molecule has 2 heterocycles. The predicted molar refractivity (Wildman–Crippen MR) is 117 cm³/mol. The molecule has 1 atom stereocenters. The van der Waals surface area contributed by atoms with Gasteiger partial charge < -0.3 is 14.5 Å². The van der Waals surface area contributed by atoms with Crippen LogP contribution in [-0.4, -0.2) is 54.4 Å². The highest BCUT2D eigenvalue weighted by atomic mass is 35.5. The number of piperidine rings is 1. The largest absolute Gasteiger partial charge is 0.493 e. The molecule has 5 nitrogen and oxygen atoms in total. The average Bonchev–Trinajstić information content (AvgIpc) is 3.34. The number of carbonyl (C=O) groups is 2. The zero-order valence-electron chi connectivity index (χ0n) is 17.4. The number of nitrogens with zero attached hydrogens (tertiary/aromatic N) is 2. The summed E-state index contributed by atoms with van der Waals surface area (Å²) in [5, 5.41) is 0.258. The molecule has 1 unspecified atom stereocenters. The van der Waals surface area contributed by atoms with E-state index in [4.69, 9.17) is 16.3 Å². The van der Waals surface area contributed by atoms with Gasteiger partial charge >= 0.3 is 0 Å². The molecule has 0 N–H and O–H groups in total. The number of halogens is 2. The van der Waals surface area contributed by atoms with Crippen molar-refractivity contribution in [1.82, 2.24) is 9.80 Å². The summed E-state index contributed by atoms with van der Waals surface area (Å²) in [5.41, 5.74) is 0.872. The molecule has 0 bridgehead atoms. The molecular formula is C24H26ClFN2O3.